The lowest BCUT2D eigenvalue weighted by Crippen LogP contribution is -2.54. The van der Waals surface area contributed by atoms with Gasteiger partial charge in [-0.2, -0.15) is 0 Å². The van der Waals surface area contributed by atoms with E-state index in [4.69, 9.17) is 5.11 Å². The molecule has 0 saturated heterocycles. The molecule has 1 aliphatic carbocycles. The van der Waals surface area contributed by atoms with E-state index in [2.05, 4.69) is 4.72 Å². The summed E-state index contributed by atoms with van der Waals surface area (Å²) in [7, 11) is -3.90. The average molecular weight is 287 g/mol. The van der Waals surface area contributed by atoms with E-state index in [1.165, 1.54) is 12.1 Å². The fraction of sp³-hybridized carbons (Fsp3) is 0.417. The number of hydrogen-bond donors (Lipinski definition) is 2. The molecule has 1 aromatic rings. The summed E-state index contributed by atoms with van der Waals surface area (Å²) in [4.78, 5) is 10.6. The first-order valence-electron chi connectivity index (χ1n) is 5.84. The van der Waals surface area contributed by atoms with Gasteiger partial charge in [0, 0.05) is 5.54 Å². The van der Waals surface area contributed by atoms with E-state index in [-0.39, 0.29) is 11.3 Å². The minimum atomic E-state index is -3.90. The Balaban J connectivity index is 2.23. The molecule has 0 spiro atoms. The smallest absolute Gasteiger partial charge is 0.305 e. The summed E-state index contributed by atoms with van der Waals surface area (Å²) in [6, 6.07) is 4.64. The first-order chi connectivity index (χ1) is 8.83. The molecule has 1 saturated carbocycles. The van der Waals surface area contributed by atoms with Gasteiger partial charge in [0.15, 0.2) is 0 Å². The van der Waals surface area contributed by atoms with Crippen molar-refractivity contribution < 1.29 is 22.7 Å². The summed E-state index contributed by atoms with van der Waals surface area (Å²) >= 11 is 0. The van der Waals surface area contributed by atoms with Crippen LogP contribution in [0.15, 0.2) is 29.2 Å². The van der Waals surface area contributed by atoms with E-state index in [1.54, 1.807) is 0 Å². The minimum absolute atomic E-state index is 0.191. The molecule has 0 aromatic heterocycles. The van der Waals surface area contributed by atoms with Crippen LogP contribution >= 0.6 is 0 Å². The molecule has 19 heavy (non-hydrogen) atoms. The number of hydrogen-bond acceptors (Lipinski definition) is 3. The van der Waals surface area contributed by atoms with Crippen molar-refractivity contribution in [1.29, 1.82) is 0 Å². The van der Waals surface area contributed by atoms with Crippen molar-refractivity contribution in [3.8, 4) is 0 Å². The number of aliphatic carboxylic acids is 1. The molecule has 1 aromatic carbocycles. The van der Waals surface area contributed by atoms with Gasteiger partial charge in [0.25, 0.3) is 0 Å². The highest BCUT2D eigenvalue weighted by molar-refractivity contribution is 7.89. The Morgan fingerprint density at radius 3 is 2.58 bits per heavy atom. The van der Waals surface area contributed by atoms with Gasteiger partial charge in [0.1, 0.15) is 5.82 Å². The molecule has 0 amide bonds. The van der Waals surface area contributed by atoms with Crippen LogP contribution in [0.4, 0.5) is 4.39 Å². The summed E-state index contributed by atoms with van der Waals surface area (Å²) in [6.45, 7) is 0. The molecule has 0 bridgehead atoms. The zero-order valence-corrected chi connectivity index (χ0v) is 10.9. The average Bonchev–Trinajstić information content (AvgIpc) is 2.25. The Labute approximate surface area is 110 Å². The molecule has 0 radical (unpaired) electrons. The van der Waals surface area contributed by atoms with Gasteiger partial charge < -0.3 is 5.11 Å². The molecule has 0 unspecified atom stereocenters. The topological polar surface area (TPSA) is 83.5 Å². The lowest BCUT2D eigenvalue weighted by Gasteiger charge is -2.40. The molecular weight excluding hydrogens is 273 g/mol. The van der Waals surface area contributed by atoms with E-state index in [9.17, 15) is 17.6 Å². The Kier molecular flexibility index (Phi) is 3.60. The molecule has 2 rings (SSSR count). The second kappa shape index (κ2) is 4.90. The fourth-order valence-electron chi connectivity index (χ4n) is 2.19. The normalized spacial score (nSPS) is 17.7. The molecule has 0 heterocycles. The summed E-state index contributed by atoms with van der Waals surface area (Å²) in [5.41, 5.74) is -0.934. The SMILES string of the molecule is O=C(O)CC1(NS(=O)(=O)c2cccc(F)c2)CCC1. The van der Waals surface area contributed by atoms with Gasteiger partial charge in [-0.25, -0.2) is 17.5 Å². The van der Waals surface area contributed by atoms with Crippen LogP contribution in [-0.2, 0) is 14.8 Å². The third kappa shape index (κ3) is 3.10. The molecule has 2 N–H and O–H groups in total. The third-order valence-corrected chi connectivity index (χ3v) is 4.83. The highest BCUT2D eigenvalue weighted by atomic mass is 32.2. The maximum atomic E-state index is 13.1. The Morgan fingerprint density at radius 2 is 2.11 bits per heavy atom. The first-order valence-corrected chi connectivity index (χ1v) is 7.33. The summed E-state index contributed by atoms with van der Waals surface area (Å²) in [5.74, 6) is -1.70. The molecule has 0 aliphatic heterocycles. The van der Waals surface area contributed by atoms with Crippen LogP contribution in [0.5, 0.6) is 0 Å². The number of halogens is 1. The third-order valence-electron chi connectivity index (χ3n) is 3.26. The lowest BCUT2D eigenvalue weighted by molar-refractivity contribution is -0.139. The monoisotopic (exact) mass is 287 g/mol. The van der Waals surface area contributed by atoms with E-state index >= 15 is 0 Å². The Morgan fingerprint density at radius 1 is 1.42 bits per heavy atom. The number of carboxylic acids is 1. The molecule has 104 valence electrons. The largest absolute Gasteiger partial charge is 0.481 e. The zero-order valence-electron chi connectivity index (χ0n) is 10.1. The minimum Gasteiger partial charge on any atom is -0.481 e. The number of nitrogens with one attached hydrogen (secondary N) is 1. The summed E-state index contributed by atoms with van der Waals surface area (Å²) < 4.78 is 39.7. The molecule has 7 heteroatoms. The first kappa shape index (κ1) is 14.0. The van der Waals surface area contributed by atoms with Crippen LogP contribution in [0, 0.1) is 5.82 Å². The molecule has 1 aliphatic rings. The molecule has 0 atom stereocenters. The standard InChI is InChI=1S/C12H14FNO4S/c13-9-3-1-4-10(7-9)19(17,18)14-12(5-2-6-12)8-11(15)16/h1,3-4,7,14H,2,5-6,8H2,(H,15,16). The predicted octanol–water partition coefficient (Wildman–Crippen LogP) is 1.50. The quantitative estimate of drug-likeness (QED) is 0.859. The highest BCUT2D eigenvalue weighted by Gasteiger charge is 2.42. The highest BCUT2D eigenvalue weighted by Crippen LogP contribution is 2.36. The second-order valence-corrected chi connectivity index (χ2v) is 6.45. The van der Waals surface area contributed by atoms with Crippen molar-refractivity contribution in [2.75, 3.05) is 0 Å². The summed E-state index contributed by atoms with van der Waals surface area (Å²) in [5, 5.41) is 8.83. The van der Waals surface area contributed by atoms with Crippen LogP contribution in [0.2, 0.25) is 0 Å². The van der Waals surface area contributed by atoms with Gasteiger partial charge >= 0.3 is 5.97 Å². The number of carboxylic acid groups (broad SMARTS) is 1. The van der Waals surface area contributed by atoms with Crippen molar-refractivity contribution in [2.45, 2.75) is 36.1 Å². The number of rotatable bonds is 5. The van der Waals surface area contributed by atoms with E-state index in [0.717, 1.165) is 18.6 Å². The van der Waals surface area contributed by atoms with Gasteiger partial charge in [-0.15, -0.1) is 0 Å². The Bertz CT molecular complexity index is 596. The van der Waals surface area contributed by atoms with Gasteiger partial charge in [0.2, 0.25) is 10.0 Å². The van der Waals surface area contributed by atoms with Crippen LogP contribution in [0.3, 0.4) is 0 Å². The van der Waals surface area contributed by atoms with Crippen LogP contribution in [-0.4, -0.2) is 25.0 Å². The zero-order chi connectivity index (χ0) is 14.1. The van der Waals surface area contributed by atoms with E-state index < -0.39 is 27.3 Å². The number of sulfonamides is 1. The summed E-state index contributed by atoms with van der Waals surface area (Å²) in [6.07, 6.45) is 1.47. The van der Waals surface area contributed by atoms with Crippen molar-refractivity contribution in [2.24, 2.45) is 0 Å². The van der Waals surface area contributed by atoms with Crippen molar-refractivity contribution in [3.63, 3.8) is 0 Å². The van der Waals surface area contributed by atoms with Gasteiger partial charge in [0.05, 0.1) is 11.3 Å². The molecule has 1 fully saturated rings. The van der Waals surface area contributed by atoms with E-state index in [1.807, 2.05) is 0 Å². The maximum Gasteiger partial charge on any atom is 0.305 e. The van der Waals surface area contributed by atoms with Gasteiger partial charge in [-0.3, -0.25) is 4.79 Å². The van der Waals surface area contributed by atoms with Crippen LogP contribution in [0.1, 0.15) is 25.7 Å². The number of benzene rings is 1. The van der Waals surface area contributed by atoms with Gasteiger partial charge in [-0.05, 0) is 37.5 Å². The van der Waals surface area contributed by atoms with E-state index in [0.29, 0.717) is 12.8 Å². The molecule has 5 nitrogen and oxygen atoms in total. The van der Waals surface area contributed by atoms with Crippen molar-refractivity contribution in [1.82, 2.24) is 4.72 Å². The second-order valence-electron chi connectivity index (χ2n) is 4.77. The van der Waals surface area contributed by atoms with Gasteiger partial charge in [-0.1, -0.05) is 6.07 Å². The Hall–Kier alpha value is -1.47. The predicted molar refractivity (Wildman–Crippen MR) is 65.6 cm³/mol. The molecular formula is C12H14FNO4S. The maximum absolute atomic E-state index is 13.1. The van der Waals surface area contributed by atoms with Crippen LogP contribution < -0.4 is 4.72 Å². The number of carbonyl (C=O) groups is 1. The fourth-order valence-corrected chi connectivity index (χ4v) is 3.68. The lowest BCUT2D eigenvalue weighted by atomic mass is 9.75. The van der Waals surface area contributed by atoms with Crippen molar-refractivity contribution >= 4 is 16.0 Å². The van der Waals surface area contributed by atoms with Crippen LogP contribution in [0.25, 0.3) is 0 Å². The van der Waals surface area contributed by atoms with Crippen molar-refractivity contribution in [3.05, 3.63) is 30.1 Å².